The number of ether oxygens (including phenoxy) is 2. The molecule has 1 atom stereocenters. The van der Waals surface area contributed by atoms with Crippen molar-refractivity contribution >= 4 is 17.6 Å². The van der Waals surface area contributed by atoms with Gasteiger partial charge in [0.2, 0.25) is 0 Å². The molecule has 0 aliphatic carbocycles. The second-order valence-corrected chi connectivity index (χ2v) is 6.06. The number of hydrogen-bond acceptors (Lipinski definition) is 4. The first-order valence-electron chi connectivity index (χ1n) is 7.93. The first-order valence-corrected chi connectivity index (χ1v) is 8.30. The number of nitrogens with one attached hydrogen (secondary N) is 1. The quantitative estimate of drug-likeness (QED) is 0.677. The molecule has 0 aliphatic heterocycles. The van der Waals surface area contributed by atoms with E-state index in [9.17, 15) is 9.90 Å². The van der Waals surface area contributed by atoms with E-state index in [4.69, 9.17) is 21.1 Å². The highest BCUT2D eigenvalue weighted by Gasteiger charge is 2.19. The van der Waals surface area contributed by atoms with Gasteiger partial charge in [0.25, 0.3) is 0 Å². The van der Waals surface area contributed by atoms with Crippen LogP contribution in [0.1, 0.15) is 39.7 Å². The average Bonchev–Trinajstić information content (AvgIpc) is 2.47. The molecule has 130 valence electrons. The first-order chi connectivity index (χ1) is 10.9. The number of aliphatic carboxylic acids is 1. The maximum absolute atomic E-state index is 11.3. The summed E-state index contributed by atoms with van der Waals surface area (Å²) in [5, 5.41) is 12.9. The molecule has 1 aromatic carbocycles. The number of carboxylic acids is 1. The monoisotopic (exact) mass is 343 g/mol. The Morgan fingerprint density at radius 3 is 2.26 bits per heavy atom. The first kappa shape index (κ1) is 19.6. The van der Waals surface area contributed by atoms with Crippen LogP contribution in [-0.2, 0) is 11.3 Å². The molecule has 2 N–H and O–H groups in total. The fourth-order valence-corrected chi connectivity index (χ4v) is 2.45. The van der Waals surface area contributed by atoms with Crippen LogP contribution in [0.5, 0.6) is 11.5 Å². The number of carbonyl (C=O) groups is 1. The molecule has 23 heavy (non-hydrogen) atoms. The lowest BCUT2D eigenvalue weighted by atomic mass is 10.0. The van der Waals surface area contributed by atoms with Gasteiger partial charge in [-0.3, -0.25) is 4.79 Å². The molecule has 0 saturated heterocycles. The predicted octanol–water partition coefficient (Wildman–Crippen LogP) is 3.73. The summed E-state index contributed by atoms with van der Waals surface area (Å²) in [6, 6.07) is 2.91. The molecule has 0 fully saturated rings. The topological polar surface area (TPSA) is 67.8 Å². The van der Waals surface area contributed by atoms with Crippen molar-refractivity contribution in [3.8, 4) is 11.5 Å². The van der Waals surface area contributed by atoms with Gasteiger partial charge in [0, 0.05) is 17.6 Å². The van der Waals surface area contributed by atoms with E-state index < -0.39 is 12.0 Å². The third kappa shape index (κ3) is 6.28. The van der Waals surface area contributed by atoms with Crippen LogP contribution in [0.2, 0.25) is 5.02 Å². The molecule has 0 heterocycles. The van der Waals surface area contributed by atoms with Gasteiger partial charge in [-0.05, 0) is 37.8 Å². The van der Waals surface area contributed by atoms with Crippen molar-refractivity contribution in [1.29, 1.82) is 0 Å². The van der Waals surface area contributed by atoms with E-state index in [-0.39, 0.29) is 0 Å². The summed E-state index contributed by atoms with van der Waals surface area (Å²) >= 11 is 6.28. The number of hydrogen-bond donors (Lipinski definition) is 2. The van der Waals surface area contributed by atoms with E-state index in [1.165, 1.54) is 0 Å². The van der Waals surface area contributed by atoms with Crippen LogP contribution in [0.3, 0.4) is 0 Å². The molecule has 0 amide bonds. The van der Waals surface area contributed by atoms with Crippen LogP contribution >= 0.6 is 11.6 Å². The average molecular weight is 344 g/mol. The zero-order chi connectivity index (χ0) is 17.4. The Morgan fingerprint density at radius 1 is 1.22 bits per heavy atom. The van der Waals surface area contributed by atoms with Gasteiger partial charge >= 0.3 is 5.97 Å². The lowest BCUT2D eigenvalue weighted by molar-refractivity contribution is -0.140. The maximum Gasteiger partial charge on any atom is 0.320 e. The van der Waals surface area contributed by atoms with Crippen LogP contribution < -0.4 is 14.8 Å². The summed E-state index contributed by atoms with van der Waals surface area (Å²) in [4.78, 5) is 11.3. The minimum absolute atomic E-state index is 0.290. The van der Waals surface area contributed by atoms with Gasteiger partial charge in [-0.1, -0.05) is 25.4 Å². The van der Waals surface area contributed by atoms with E-state index in [1.54, 1.807) is 12.1 Å². The van der Waals surface area contributed by atoms with Crippen molar-refractivity contribution in [3.63, 3.8) is 0 Å². The van der Waals surface area contributed by atoms with Crippen LogP contribution in [0.25, 0.3) is 0 Å². The van der Waals surface area contributed by atoms with E-state index in [1.807, 2.05) is 27.7 Å². The molecule has 1 unspecified atom stereocenters. The molecule has 1 rings (SSSR count). The number of carboxylic acid groups (broad SMARTS) is 1. The Morgan fingerprint density at radius 2 is 1.78 bits per heavy atom. The highest BCUT2D eigenvalue weighted by atomic mass is 35.5. The Kier molecular flexibility index (Phi) is 8.20. The molecule has 1 aromatic rings. The largest absolute Gasteiger partial charge is 0.490 e. The fourth-order valence-electron chi connectivity index (χ4n) is 2.23. The molecule has 0 spiro atoms. The van der Waals surface area contributed by atoms with Crippen LogP contribution in [0.4, 0.5) is 0 Å². The lowest BCUT2D eigenvalue weighted by Gasteiger charge is -2.18. The van der Waals surface area contributed by atoms with Crippen LogP contribution in [0, 0.1) is 5.92 Å². The Hall–Kier alpha value is -1.46. The second kappa shape index (κ2) is 9.63. The van der Waals surface area contributed by atoms with E-state index in [0.29, 0.717) is 48.6 Å². The van der Waals surface area contributed by atoms with E-state index in [0.717, 1.165) is 5.56 Å². The van der Waals surface area contributed by atoms with E-state index in [2.05, 4.69) is 5.32 Å². The SMILES string of the molecule is CCOc1cc(Cl)c(CNC(CC(C)C)C(=O)O)cc1OCC. The van der Waals surface area contributed by atoms with Gasteiger partial charge < -0.3 is 19.9 Å². The van der Waals surface area contributed by atoms with Crippen molar-refractivity contribution in [2.75, 3.05) is 13.2 Å². The van der Waals surface area contributed by atoms with Crippen molar-refractivity contribution in [1.82, 2.24) is 5.32 Å². The van der Waals surface area contributed by atoms with Crippen molar-refractivity contribution in [2.24, 2.45) is 5.92 Å². The molecule has 0 bridgehead atoms. The molecule has 0 radical (unpaired) electrons. The summed E-state index contributed by atoms with van der Waals surface area (Å²) in [5.41, 5.74) is 0.786. The Bertz CT molecular complexity index is 520. The smallest absolute Gasteiger partial charge is 0.320 e. The maximum atomic E-state index is 11.3. The molecule has 5 nitrogen and oxygen atoms in total. The summed E-state index contributed by atoms with van der Waals surface area (Å²) in [5.74, 6) is 0.649. The van der Waals surface area contributed by atoms with Gasteiger partial charge in [-0.15, -0.1) is 0 Å². The summed E-state index contributed by atoms with van der Waals surface area (Å²) in [6.07, 6.45) is 0.558. The standard InChI is InChI=1S/C17H26ClNO4/c1-5-22-15-8-12(13(18)9-16(15)23-6-2)10-19-14(17(20)21)7-11(3)4/h8-9,11,14,19H,5-7,10H2,1-4H3,(H,20,21). The molecule has 0 aliphatic rings. The highest BCUT2D eigenvalue weighted by Crippen LogP contribution is 2.33. The third-order valence-corrected chi connectivity index (χ3v) is 3.61. The van der Waals surface area contributed by atoms with E-state index >= 15 is 0 Å². The van der Waals surface area contributed by atoms with Gasteiger partial charge in [-0.2, -0.15) is 0 Å². The van der Waals surface area contributed by atoms with Crippen molar-refractivity contribution in [2.45, 2.75) is 46.7 Å². The lowest BCUT2D eigenvalue weighted by Crippen LogP contribution is -2.37. The molecular formula is C17H26ClNO4. The summed E-state index contributed by atoms with van der Waals surface area (Å²) in [7, 11) is 0. The van der Waals surface area contributed by atoms with Crippen molar-refractivity contribution in [3.05, 3.63) is 22.7 Å². The minimum Gasteiger partial charge on any atom is -0.490 e. The zero-order valence-electron chi connectivity index (χ0n) is 14.2. The Labute approximate surface area is 142 Å². The Balaban J connectivity index is 2.90. The molecule has 6 heteroatoms. The van der Waals surface area contributed by atoms with Gasteiger partial charge in [-0.25, -0.2) is 0 Å². The summed E-state index contributed by atoms with van der Waals surface area (Å²) < 4.78 is 11.1. The molecule has 0 aromatic heterocycles. The number of benzene rings is 1. The van der Waals surface area contributed by atoms with Crippen LogP contribution in [0.15, 0.2) is 12.1 Å². The minimum atomic E-state index is -0.856. The van der Waals surface area contributed by atoms with Gasteiger partial charge in [0.15, 0.2) is 11.5 Å². The normalized spacial score (nSPS) is 12.3. The zero-order valence-corrected chi connectivity index (χ0v) is 14.9. The fraction of sp³-hybridized carbons (Fsp3) is 0.588. The van der Waals surface area contributed by atoms with Crippen LogP contribution in [-0.4, -0.2) is 30.3 Å². The number of rotatable bonds is 10. The van der Waals surface area contributed by atoms with Gasteiger partial charge in [0.1, 0.15) is 6.04 Å². The van der Waals surface area contributed by atoms with Crippen molar-refractivity contribution < 1.29 is 19.4 Å². The number of halogens is 1. The third-order valence-electron chi connectivity index (χ3n) is 3.26. The summed E-state index contributed by atoms with van der Waals surface area (Å²) in [6.45, 7) is 9.16. The molecule has 0 saturated carbocycles. The highest BCUT2D eigenvalue weighted by molar-refractivity contribution is 6.31. The molecular weight excluding hydrogens is 318 g/mol. The predicted molar refractivity (Wildman–Crippen MR) is 91.5 cm³/mol. The van der Waals surface area contributed by atoms with Gasteiger partial charge in [0.05, 0.1) is 13.2 Å². The second-order valence-electron chi connectivity index (χ2n) is 5.66.